The smallest absolute Gasteiger partial charge is 0.139 e. The minimum Gasteiger partial charge on any atom is -0.392 e. The van der Waals surface area contributed by atoms with Gasteiger partial charge < -0.3 is 10.4 Å². The van der Waals surface area contributed by atoms with Crippen molar-refractivity contribution in [2.24, 2.45) is 0 Å². The molecule has 1 atom stereocenters. The Balaban J connectivity index is 2.22. The lowest BCUT2D eigenvalue weighted by atomic mass is 10.0. The molecule has 0 fully saturated rings. The molecule has 3 rings (SSSR count). The Kier molecular flexibility index (Phi) is 4.09. The number of anilines is 1. The highest BCUT2D eigenvalue weighted by Gasteiger charge is 2.17. The summed E-state index contributed by atoms with van der Waals surface area (Å²) in [4.78, 5) is 11.3. The standard InChI is InChI=1S/C17H19N3OS/c1-10(21)9-18-16-15-14(13-7-5-4-6-8-13)11(2)22-17(15)20-12(3)19-16/h4-8,10,21H,9H2,1-3H3,(H,18,19,20). The van der Waals surface area contributed by atoms with Crippen molar-refractivity contribution in [3.8, 4) is 11.1 Å². The molecule has 3 aromatic rings. The average molecular weight is 313 g/mol. The fourth-order valence-electron chi connectivity index (χ4n) is 2.54. The Hall–Kier alpha value is -1.98. The molecule has 4 nitrogen and oxygen atoms in total. The monoisotopic (exact) mass is 313 g/mol. The van der Waals surface area contributed by atoms with Gasteiger partial charge in [0.05, 0.1) is 11.5 Å². The van der Waals surface area contributed by atoms with Crippen molar-refractivity contribution < 1.29 is 5.11 Å². The minimum absolute atomic E-state index is 0.426. The molecule has 1 aromatic carbocycles. The van der Waals surface area contributed by atoms with Crippen LogP contribution in [0.2, 0.25) is 0 Å². The van der Waals surface area contributed by atoms with E-state index in [9.17, 15) is 5.11 Å². The zero-order valence-electron chi connectivity index (χ0n) is 12.9. The number of benzene rings is 1. The van der Waals surface area contributed by atoms with Gasteiger partial charge in [-0.05, 0) is 26.3 Å². The number of nitrogens with one attached hydrogen (secondary N) is 1. The number of aromatic nitrogens is 2. The molecule has 22 heavy (non-hydrogen) atoms. The number of hydrogen-bond donors (Lipinski definition) is 2. The molecule has 5 heteroatoms. The van der Waals surface area contributed by atoms with Crippen LogP contribution < -0.4 is 5.32 Å². The molecule has 0 amide bonds. The zero-order chi connectivity index (χ0) is 15.7. The molecule has 0 aliphatic heterocycles. The average Bonchev–Trinajstić information content (AvgIpc) is 2.81. The Bertz CT molecular complexity index is 797. The zero-order valence-corrected chi connectivity index (χ0v) is 13.7. The molecule has 0 bridgehead atoms. The number of hydrogen-bond acceptors (Lipinski definition) is 5. The first-order chi connectivity index (χ1) is 10.6. The van der Waals surface area contributed by atoms with Crippen LogP contribution in [0.15, 0.2) is 30.3 Å². The van der Waals surface area contributed by atoms with Gasteiger partial charge in [-0.1, -0.05) is 30.3 Å². The van der Waals surface area contributed by atoms with E-state index in [-0.39, 0.29) is 0 Å². The van der Waals surface area contributed by atoms with Gasteiger partial charge in [0.2, 0.25) is 0 Å². The molecule has 114 valence electrons. The number of thiophene rings is 1. The number of aliphatic hydroxyl groups is 1. The SMILES string of the molecule is Cc1nc(NCC(C)O)c2c(-c3ccccc3)c(C)sc2n1. The van der Waals surface area contributed by atoms with Crippen molar-refractivity contribution >= 4 is 27.4 Å². The van der Waals surface area contributed by atoms with E-state index in [0.29, 0.717) is 6.54 Å². The van der Waals surface area contributed by atoms with Crippen molar-refractivity contribution in [2.75, 3.05) is 11.9 Å². The highest BCUT2D eigenvalue weighted by molar-refractivity contribution is 7.19. The second-order valence-electron chi connectivity index (χ2n) is 5.43. The van der Waals surface area contributed by atoms with E-state index < -0.39 is 6.10 Å². The first-order valence-electron chi connectivity index (χ1n) is 7.31. The van der Waals surface area contributed by atoms with Crippen molar-refractivity contribution in [1.82, 2.24) is 9.97 Å². The maximum absolute atomic E-state index is 9.54. The van der Waals surface area contributed by atoms with E-state index in [1.54, 1.807) is 18.3 Å². The van der Waals surface area contributed by atoms with Crippen LogP contribution in [0.1, 0.15) is 17.6 Å². The molecular formula is C17H19N3OS. The number of rotatable bonds is 4. The van der Waals surface area contributed by atoms with Crippen LogP contribution in [0.4, 0.5) is 5.82 Å². The Morgan fingerprint density at radius 3 is 2.59 bits per heavy atom. The molecule has 2 heterocycles. The van der Waals surface area contributed by atoms with E-state index >= 15 is 0 Å². The van der Waals surface area contributed by atoms with Gasteiger partial charge in [0.25, 0.3) is 0 Å². The van der Waals surface area contributed by atoms with E-state index in [1.165, 1.54) is 16.0 Å². The van der Waals surface area contributed by atoms with Crippen molar-refractivity contribution in [3.05, 3.63) is 41.0 Å². The Morgan fingerprint density at radius 2 is 1.91 bits per heavy atom. The topological polar surface area (TPSA) is 58.0 Å². The van der Waals surface area contributed by atoms with Crippen LogP contribution >= 0.6 is 11.3 Å². The summed E-state index contributed by atoms with van der Waals surface area (Å²) in [5.41, 5.74) is 2.34. The maximum Gasteiger partial charge on any atom is 0.139 e. The number of fused-ring (bicyclic) bond motifs is 1. The van der Waals surface area contributed by atoms with Crippen LogP contribution in [-0.2, 0) is 0 Å². The molecule has 0 aliphatic rings. The van der Waals surface area contributed by atoms with Crippen LogP contribution in [0.5, 0.6) is 0 Å². The van der Waals surface area contributed by atoms with Crippen molar-refractivity contribution in [3.63, 3.8) is 0 Å². The highest BCUT2D eigenvalue weighted by Crippen LogP contribution is 2.40. The third-order valence-electron chi connectivity index (χ3n) is 3.47. The third-order valence-corrected chi connectivity index (χ3v) is 4.47. The predicted octanol–water partition coefficient (Wildman–Crippen LogP) is 3.77. The quantitative estimate of drug-likeness (QED) is 0.770. The predicted molar refractivity (Wildman–Crippen MR) is 92.5 cm³/mol. The summed E-state index contributed by atoms with van der Waals surface area (Å²) in [6.07, 6.45) is -0.426. The lowest BCUT2D eigenvalue weighted by molar-refractivity contribution is 0.208. The molecule has 0 radical (unpaired) electrons. The molecule has 0 spiro atoms. The largest absolute Gasteiger partial charge is 0.392 e. The summed E-state index contributed by atoms with van der Waals surface area (Å²) >= 11 is 1.68. The molecule has 0 saturated carbocycles. The number of aryl methyl sites for hydroxylation is 2. The van der Waals surface area contributed by atoms with Gasteiger partial charge in [0.1, 0.15) is 16.5 Å². The Morgan fingerprint density at radius 1 is 1.18 bits per heavy atom. The van der Waals surface area contributed by atoms with Crippen LogP contribution in [-0.4, -0.2) is 27.7 Å². The van der Waals surface area contributed by atoms with Gasteiger partial charge in [-0.25, -0.2) is 9.97 Å². The van der Waals surface area contributed by atoms with Crippen LogP contribution in [0.3, 0.4) is 0 Å². The summed E-state index contributed by atoms with van der Waals surface area (Å²) in [5, 5.41) is 13.8. The van der Waals surface area contributed by atoms with Crippen LogP contribution in [0, 0.1) is 13.8 Å². The van der Waals surface area contributed by atoms with E-state index in [4.69, 9.17) is 0 Å². The summed E-state index contributed by atoms with van der Waals surface area (Å²) in [6.45, 7) is 6.23. The van der Waals surface area contributed by atoms with E-state index in [0.717, 1.165) is 21.9 Å². The molecule has 2 aromatic heterocycles. The molecule has 2 N–H and O–H groups in total. The van der Waals surface area contributed by atoms with Gasteiger partial charge in [-0.2, -0.15) is 0 Å². The van der Waals surface area contributed by atoms with Crippen molar-refractivity contribution in [1.29, 1.82) is 0 Å². The van der Waals surface area contributed by atoms with Gasteiger partial charge in [0.15, 0.2) is 0 Å². The highest BCUT2D eigenvalue weighted by atomic mass is 32.1. The Labute approximate surface area is 133 Å². The molecular weight excluding hydrogens is 294 g/mol. The van der Waals surface area contributed by atoms with E-state index in [2.05, 4.69) is 34.3 Å². The number of aliphatic hydroxyl groups excluding tert-OH is 1. The summed E-state index contributed by atoms with van der Waals surface area (Å²) < 4.78 is 0. The lowest BCUT2D eigenvalue weighted by Gasteiger charge is -2.11. The normalized spacial score (nSPS) is 12.5. The summed E-state index contributed by atoms with van der Waals surface area (Å²) in [5.74, 6) is 1.54. The maximum atomic E-state index is 9.54. The number of nitrogens with zero attached hydrogens (tertiary/aromatic N) is 2. The second-order valence-corrected chi connectivity index (χ2v) is 6.63. The fraction of sp³-hybridized carbons (Fsp3) is 0.294. The summed E-state index contributed by atoms with van der Waals surface area (Å²) in [7, 11) is 0. The van der Waals surface area contributed by atoms with Gasteiger partial charge in [-0.15, -0.1) is 11.3 Å². The van der Waals surface area contributed by atoms with Gasteiger partial charge >= 0.3 is 0 Å². The second kappa shape index (κ2) is 6.02. The molecule has 1 unspecified atom stereocenters. The van der Waals surface area contributed by atoms with Gasteiger partial charge in [-0.3, -0.25) is 0 Å². The summed E-state index contributed by atoms with van der Waals surface area (Å²) in [6, 6.07) is 10.3. The first kappa shape index (κ1) is 14.9. The van der Waals surface area contributed by atoms with Gasteiger partial charge in [0, 0.05) is 17.0 Å². The van der Waals surface area contributed by atoms with Crippen molar-refractivity contribution in [2.45, 2.75) is 26.9 Å². The fourth-order valence-corrected chi connectivity index (χ4v) is 3.63. The minimum atomic E-state index is -0.426. The lowest BCUT2D eigenvalue weighted by Crippen LogP contribution is -2.16. The molecule has 0 saturated heterocycles. The van der Waals surface area contributed by atoms with E-state index in [1.807, 2.05) is 25.1 Å². The molecule has 0 aliphatic carbocycles. The van der Waals surface area contributed by atoms with Crippen LogP contribution in [0.25, 0.3) is 21.3 Å². The third kappa shape index (κ3) is 2.82. The first-order valence-corrected chi connectivity index (χ1v) is 8.13.